The molecule has 26 heavy (non-hydrogen) atoms. The zero-order valence-electron chi connectivity index (χ0n) is 15.8. The Morgan fingerprint density at radius 3 is 2.31 bits per heavy atom. The van der Waals surface area contributed by atoms with Gasteiger partial charge in [-0.05, 0) is 39.8 Å². The molecule has 0 atom stereocenters. The van der Waals surface area contributed by atoms with Crippen LogP contribution in [0.15, 0.2) is 18.2 Å². The van der Waals surface area contributed by atoms with Gasteiger partial charge in [0.25, 0.3) is 11.8 Å². The minimum absolute atomic E-state index is 0.0487. The third kappa shape index (κ3) is 3.32. The minimum atomic E-state index is -2.82. The number of likely N-dealkylation sites (tertiary alicyclic amines) is 1. The molecule has 0 spiro atoms. The fourth-order valence-electron chi connectivity index (χ4n) is 3.10. The Morgan fingerprint density at radius 1 is 1.19 bits per heavy atom. The van der Waals surface area contributed by atoms with Gasteiger partial charge in [0.2, 0.25) is 0 Å². The highest BCUT2D eigenvalue weighted by molar-refractivity contribution is 6.63. The van der Waals surface area contributed by atoms with Crippen molar-refractivity contribution in [2.75, 3.05) is 20.2 Å². The van der Waals surface area contributed by atoms with Gasteiger partial charge in [0.15, 0.2) is 0 Å². The molecule has 3 rings (SSSR count). The Morgan fingerprint density at radius 2 is 1.81 bits per heavy atom. The molecule has 0 aromatic heterocycles. The molecule has 2 aliphatic heterocycles. The summed E-state index contributed by atoms with van der Waals surface area (Å²) in [4.78, 5) is 13.7. The van der Waals surface area contributed by atoms with E-state index in [1.807, 2.05) is 27.7 Å². The first-order valence-corrected chi connectivity index (χ1v) is 8.66. The maximum absolute atomic E-state index is 13.4. The van der Waals surface area contributed by atoms with Gasteiger partial charge in [-0.3, -0.25) is 4.79 Å². The summed E-state index contributed by atoms with van der Waals surface area (Å²) in [7, 11) is 0.859. The van der Waals surface area contributed by atoms with Crippen LogP contribution < -0.4 is 10.2 Å². The number of carbonyl (C=O) groups is 1. The lowest BCUT2D eigenvalue weighted by Gasteiger charge is -2.32. The molecular weight excluding hydrogens is 343 g/mol. The number of halogens is 2. The van der Waals surface area contributed by atoms with Crippen LogP contribution >= 0.6 is 0 Å². The van der Waals surface area contributed by atoms with Crippen molar-refractivity contribution in [2.24, 2.45) is 0 Å². The summed E-state index contributed by atoms with van der Waals surface area (Å²) in [6.45, 7) is 7.30. The van der Waals surface area contributed by atoms with Crippen LogP contribution in [0.2, 0.25) is 0 Å². The molecule has 1 amide bonds. The molecule has 0 saturated carbocycles. The van der Waals surface area contributed by atoms with Crippen molar-refractivity contribution in [3.63, 3.8) is 0 Å². The van der Waals surface area contributed by atoms with Crippen LogP contribution in [0.3, 0.4) is 0 Å². The first kappa shape index (κ1) is 19.1. The molecule has 5 nitrogen and oxygen atoms in total. The fourth-order valence-corrected chi connectivity index (χ4v) is 3.10. The molecule has 0 bridgehead atoms. The van der Waals surface area contributed by atoms with Gasteiger partial charge in [-0.2, -0.15) is 0 Å². The highest BCUT2D eigenvalue weighted by atomic mass is 19.3. The van der Waals surface area contributed by atoms with E-state index in [0.29, 0.717) is 16.8 Å². The van der Waals surface area contributed by atoms with Gasteiger partial charge >= 0.3 is 7.12 Å². The first-order valence-electron chi connectivity index (χ1n) is 8.66. The highest BCUT2D eigenvalue weighted by Crippen LogP contribution is 2.37. The van der Waals surface area contributed by atoms with Crippen LogP contribution in [-0.2, 0) is 9.31 Å². The van der Waals surface area contributed by atoms with Crippen LogP contribution in [0, 0.1) is 0 Å². The summed E-state index contributed by atoms with van der Waals surface area (Å²) in [5.41, 5.74) is -0.0365. The quantitative estimate of drug-likeness (QED) is 0.771. The lowest BCUT2D eigenvalue weighted by molar-refractivity contribution is 0.00578. The van der Waals surface area contributed by atoms with Gasteiger partial charge in [-0.15, -0.1) is 0 Å². The third-order valence-corrected chi connectivity index (χ3v) is 5.44. The molecule has 1 aromatic carbocycles. The number of nitrogens with zero attached hydrogens (tertiary/aromatic N) is 1. The summed E-state index contributed by atoms with van der Waals surface area (Å²) in [6, 6.07) is 4.85. The molecule has 142 valence electrons. The Bertz CT molecular complexity index is 707. The monoisotopic (exact) mass is 367 g/mol. The fraction of sp³-hybridized carbons (Fsp3) is 0.611. The smallest absolute Gasteiger partial charge is 0.497 e. The number of alkyl halides is 2. The highest BCUT2D eigenvalue weighted by Gasteiger charge is 2.52. The van der Waals surface area contributed by atoms with E-state index >= 15 is 0 Å². The van der Waals surface area contributed by atoms with Gasteiger partial charge in [0.05, 0.1) is 24.9 Å². The first-order chi connectivity index (χ1) is 12.0. The molecule has 2 heterocycles. The summed E-state index contributed by atoms with van der Waals surface area (Å²) in [5, 5.41) is 0. The van der Waals surface area contributed by atoms with Gasteiger partial charge in [-0.1, -0.05) is 6.07 Å². The Hall–Kier alpha value is -1.67. The topological polar surface area (TPSA) is 48.0 Å². The Kier molecular flexibility index (Phi) is 4.56. The number of hydrogen-bond donors (Lipinski definition) is 0. The van der Waals surface area contributed by atoms with E-state index in [1.54, 1.807) is 18.2 Å². The van der Waals surface area contributed by atoms with Crippen molar-refractivity contribution in [1.29, 1.82) is 0 Å². The second kappa shape index (κ2) is 6.20. The number of carbonyl (C=O) groups excluding carboxylic acids is 1. The maximum atomic E-state index is 13.4. The summed E-state index contributed by atoms with van der Waals surface area (Å²) in [6.07, 6.45) is -0.304. The summed E-state index contributed by atoms with van der Waals surface area (Å²) >= 11 is 0. The normalized spacial score (nSPS) is 23.3. The zero-order chi connectivity index (χ0) is 19.3. The molecule has 0 radical (unpaired) electrons. The van der Waals surface area contributed by atoms with E-state index in [1.165, 1.54) is 12.0 Å². The average Bonchev–Trinajstić information content (AvgIpc) is 3.01. The van der Waals surface area contributed by atoms with Crippen LogP contribution in [-0.4, -0.2) is 55.2 Å². The predicted molar refractivity (Wildman–Crippen MR) is 94.2 cm³/mol. The van der Waals surface area contributed by atoms with E-state index in [9.17, 15) is 13.6 Å². The maximum Gasteiger partial charge on any atom is 0.498 e. The lowest BCUT2D eigenvalue weighted by atomic mass is 9.78. The lowest BCUT2D eigenvalue weighted by Crippen LogP contribution is -2.41. The van der Waals surface area contributed by atoms with E-state index in [4.69, 9.17) is 14.0 Å². The molecule has 2 saturated heterocycles. The van der Waals surface area contributed by atoms with Crippen molar-refractivity contribution in [2.45, 2.75) is 51.2 Å². The van der Waals surface area contributed by atoms with E-state index in [0.717, 1.165) is 0 Å². The number of methoxy groups -OCH3 is 1. The SMILES string of the molecule is COc1cc(C(=O)N2CCC(F)(F)C2)ccc1B1OC(C)(C)C(C)(C)O1. The van der Waals surface area contributed by atoms with Crippen LogP contribution in [0.5, 0.6) is 5.75 Å². The average molecular weight is 367 g/mol. The Labute approximate surface area is 152 Å². The van der Waals surface area contributed by atoms with Gasteiger partial charge in [0.1, 0.15) is 5.75 Å². The van der Waals surface area contributed by atoms with Gasteiger partial charge in [0, 0.05) is 24.0 Å². The van der Waals surface area contributed by atoms with Gasteiger partial charge in [-0.25, -0.2) is 8.78 Å². The van der Waals surface area contributed by atoms with Crippen LogP contribution in [0.25, 0.3) is 0 Å². The van der Waals surface area contributed by atoms with Crippen molar-refractivity contribution >= 4 is 18.5 Å². The second-order valence-electron chi connectivity index (χ2n) is 7.88. The van der Waals surface area contributed by atoms with Crippen molar-refractivity contribution in [3.8, 4) is 5.75 Å². The molecule has 0 N–H and O–H groups in total. The number of rotatable bonds is 3. The van der Waals surface area contributed by atoms with Crippen LogP contribution in [0.4, 0.5) is 8.78 Å². The number of amides is 1. The second-order valence-corrected chi connectivity index (χ2v) is 7.88. The number of hydrogen-bond acceptors (Lipinski definition) is 4. The molecule has 0 unspecified atom stereocenters. The van der Waals surface area contributed by atoms with E-state index < -0.39 is 36.7 Å². The number of ether oxygens (including phenoxy) is 1. The van der Waals surface area contributed by atoms with Crippen molar-refractivity contribution in [3.05, 3.63) is 23.8 Å². The van der Waals surface area contributed by atoms with Crippen molar-refractivity contribution in [1.82, 2.24) is 4.90 Å². The molecule has 8 heteroatoms. The Balaban J connectivity index is 1.84. The standard InChI is InChI=1S/C18H24BF2NO4/c1-16(2)17(3,4)26-19(25-16)13-7-6-12(10-14(13)24-5)15(23)22-9-8-18(20,21)11-22/h6-7,10H,8-9,11H2,1-5H3. The molecule has 1 aromatic rings. The minimum Gasteiger partial charge on any atom is -0.497 e. The molecule has 2 aliphatic rings. The largest absolute Gasteiger partial charge is 0.498 e. The third-order valence-electron chi connectivity index (χ3n) is 5.44. The molecular formula is C18H24BF2NO4. The summed E-state index contributed by atoms with van der Waals surface area (Å²) < 4.78 is 44.2. The van der Waals surface area contributed by atoms with Crippen LogP contribution in [0.1, 0.15) is 44.5 Å². The predicted octanol–water partition coefficient (Wildman–Crippen LogP) is 2.48. The molecule has 0 aliphatic carbocycles. The summed E-state index contributed by atoms with van der Waals surface area (Å²) in [5.74, 6) is -2.82. The van der Waals surface area contributed by atoms with Gasteiger partial charge < -0.3 is 18.9 Å². The zero-order valence-corrected chi connectivity index (χ0v) is 15.8. The number of benzene rings is 1. The van der Waals surface area contributed by atoms with E-state index in [2.05, 4.69) is 0 Å². The molecule has 2 fully saturated rings. The van der Waals surface area contributed by atoms with E-state index in [-0.39, 0.29) is 13.0 Å². The van der Waals surface area contributed by atoms with Crippen molar-refractivity contribution < 1.29 is 27.6 Å².